The lowest BCUT2D eigenvalue weighted by molar-refractivity contribution is 0.198. The molecule has 2 aliphatic heterocycles. The molecule has 0 bridgehead atoms. The smallest absolute Gasteiger partial charge is 0.133 e. The van der Waals surface area contributed by atoms with E-state index in [1.54, 1.807) is 17.5 Å². The molecule has 0 amide bonds. The maximum atomic E-state index is 4.94. The minimum atomic E-state index is 0.751. The van der Waals surface area contributed by atoms with Crippen molar-refractivity contribution >= 4 is 33.2 Å². The van der Waals surface area contributed by atoms with Crippen LogP contribution in [0.2, 0.25) is 0 Å². The summed E-state index contributed by atoms with van der Waals surface area (Å²) in [5.74, 6) is 1.56. The van der Waals surface area contributed by atoms with E-state index in [-0.39, 0.29) is 0 Å². The first-order chi connectivity index (χ1) is 16.3. The molecule has 2 fully saturated rings. The normalized spacial score (nSPS) is 16.0. The standard InChI is InChI=1S/C21H20N6S.C4H8O/c1-2-10-27(9-1)14-16-6-3-7-19(24-16)26-20-11-17-18(13-23-20)28-21(25-17)15-5-4-8-22-12-15;1-2-4-5-3-1/h3-8,11-13H,1-2,9-10,14H2,(H,23,24,26);1-4H2. The average molecular weight is 461 g/mol. The first-order valence-corrected chi connectivity index (χ1v) is 12.4. The number of rotatable bonds is 5. The van der Waals surface area contributed by atoms with Crippen LogP contribution in [0.3, 0.4) is 0 Å². The van der Waals surface area contributed by atoms with E-state index >= 15 is 0 Å². The van der Waals surface area contributed by atoms with Gasteiger partial charge in [0.2, 0.25) is 0 Å². The molecule has 1 N–H and O–H groups in total. The number of anilines is 2. The van der Waals surface area contributed by atoms with Gasteiger partial charge in [0.25, 0.3) is 0 Å². The topological polar surface area (TPSA) is 76.1 Å². The fourth-order valence-electron chi connectivity index (χ4n) is 3.96. The Kier molecular flexibility index (Phi) is 7.15. The van der Waals surface area contributed by atoms with Crippen molar-refractivity contribution in [2.45, 2.75) is 32.2 Å². The van der Waals surface area contributed by atoms with Gasteiger partial charge in [0.15, 0.2) is 0 Å². The number of nitrogens with one attached hydrogen (secondary N) is 1. The Morgan fingerprint density at radius 2 is 1.82 bits per heavy atom. The monoisotopic (exact) mass is 460 g/mol. The van der Waals surface area contributed by atoms with Crippen LogP contribution in [0, 0.1) is 0 Å². The molecule has 0 atom stereocenters. The van der Waals surface area contributed by atoms with E-state index in [2.05, 4.69) is 26.3 Å². The third-order valence-corrected chi connectivity index (χ3v) is 6.71. The minimum absolute atomic E-state index is 0.751. The van der Waals surface area contributed by atoms with Crippen LogP contribution in [-0.2, 0) is 11.3 Å². The van der Waals surface area contributed by atoms with Gasteiger partial charge in [-0.2, -0.15) is 0 Å². The zero-order chi connectivity index (χ0) is 22.3. The quantitative estimate of drug-likeness (QED) is 0.434. The van der Waals surface area contributed by atoms with Crippen LogP contribution in [0.15, 0.2) is 55.0 Å². The number of aromatic nitrogens is 4. The van der Waals surface area contributed by atoms with Gasteiger partial charge in [-0.1, -0.05) is 6.07 Å². The molecule has 2 saturated heterocycles. The molecule has 0 spiro atoms. The van der Waals surface area contributed by atoms with Gasteiger partial charge in [-0.05, 0) is 63.0 Å². The van der Waals surface area contributed by atoms with Crippen molar-refractivity contribution in [2.24, 2.45) is 0 Å². The molecular formula is C25H28N6OS. The summed E-state index contributed by atoms with van der Waals surface area (Å²) < 4.78 is 6.00. The number of fused-ring (bicyclic) bond motifs is 1. The van der Waals surface area contributed by atoms with Crippen LogP contribution in [-0.4, -0.2) is 51.1 Å². The Morgan fingerprint density at radius 1 is 0.939 bits per heavy atom. The zero-order valence-corrected chi connectivity index (χ0v) is 19.4. The minimum Gasteiger partial charge on any atom is -0.381 e. The summed E-state index contributed by atoms with van der Waals surface area (Å²) in [7, 11) is 0. The second kappa shape index (κ2) is 10.8. The molecule has 4 aromatic rings. The van der Waals surface area contributed by atoms with Gasteiger partial charge in [-0.15, -0.1) is 11.3 Å². The Labute approximate surface area is 197 Å². The summed E-state index contributed by atoms with van der Waals surface area (Å²) >= 11 is 1.62. The SMILES string of the molecule is C1CCOC1.c1cncc(-c2nc3cc(Nc4cccc(CN5CCCC5)n4)ncc3s2)c1. The predicted octanol–water partition coefficient (Wildman–Crippen LogP) is 5.28. The predicted molar refractivity (Wildman–Crippen MR) is 133 cm³/mol. The van der Waals surface area contributed by atoms with Crippen LogP contribution < -0.4 is 5.32 Å². The van der Waals surface area contributed by atoms with Crippen molar-refractivity contribution in [2.75, 3.05) is 31.6 Å². The lowest BCUT2D eigenvalue weighted by Gasteiger charge is -2.14. The number of nitrogens with zero attached hydrogens (tertiary/aromatic N) is 5. The second-order valence-electron chi connectivity index (χ2n) is 8.24. The summed E-state index contributed by atoms with van der Waals surface area (Å²) in [4.78, 5) is 20.7. The van der Waals surface area contributed by atoms with E-state index in [0.29, 0.717) is 0 Å². The van der Waals surface area contributed by atoms with E-state index in [1.165, 1.54) is 38.8 Å². The molecule has 0 aromatic carbocycles. The first-order valence-electron chi connectivity index (χ1n) is 11.5. The van der Waals surface area contributed by atoms with Crippen LogP contribution in [0.5, 0.6) is 0 Å². The van der Waals surface area contributed by atoms with Gasteiger partial charge in [0, 0.05) is 50.0 Å². The van der Waals surface area contributed by atoms with Crippen molar-refractivity contribution in [3.8, 4) is 10.6 Å². The van der Waals surface area contributed by atoms with E-state index < -0.39 is 0 Å². The molecule has 0 unspecified atom stereocenters. The van der Waals surface area contributed by atoms with Crippen molar-refractivity contribution < 1.29 is 4.74 Å². The first kappa shape index (κ1) is 21.9. The lowest BCUT2D eigenvalue weighted by atomic mass is 10.3. The summed E-state index contributed by atoms with van der Waals surface area (Å²) in [6.45, 7) is 5.24. The van der Waals surface area contributed by atoms with Gasteiger partial charge in [-0.25, -0.2) is 15.0 Å². The number of ether oxygens (including phenoxy) is 1. The summed E-state index contributed by atoms with van der Waals surface area (Å²) in [5.41, 5.74) is 3.03. The van der Waals surface area contributed by atoms with Gasteiger partial charge in [0.05, 0.1) is 15.9 Å². The van der Waals surface area contributed by atoms with Crippen molar-refractivity contribution in [1.82, 2.24) is 24.8 Å². The van der Waals surface area contributed by atoms with Crippen molar-refractivity contribution in [1.29, 1.82) is 0 Å². The molecule has 6 rings (SSSR count). The van der Waals surface area contributed by atoms with Gasteiger partial charge in [0.1, 0.15) is 16.6 Å². The second-order valence-corrected chi connectivity index (χ2v) is 9.27. The molecule has 0 aliphatic carbocycles. The third-order valence-electron chi connectivity index (χ3n) is 5.66. The highest BCUT2D eigenvalue weighted by atomic mass is 32.1. The number of hydrogen-bond acceptors (Lipinski definition) is 8. The summed E-state index contributed by atoms with van der Waals surface area (Å²) in [6, 6.07) is 12.0. The van der Waals surface area contributed by atoms with Crippen molar-refractivity contribution in [3.05, 3.63) is 60.7 Å². The number of thiazole rings is 1. The van der Waals surface area contributed by atoms with E-state index in [9.17, 15) is 0 Å². The third kappa shape index (κ3) is 5.90. The van der Waals surface area contributed by atoms with Crippen molar-refractivity contribution in [3.63, 3.8) is 0 Å². The van der Waals surface area contributed by atoms with E-state index in [4.69, 9.17) is 14.7 Å². The van der Waals surface area contributed by atoms with E-state index in [0.717, 1.165) is 57.9 Å². The summed E-state index contributed by atoms with van der Waals surface area (Å²) in [6.07, 6.45) is 10.6. The molecular weight excluding hydrogens is 432 g/mol. The highest BCUT2D eigenvalue weighted by molar-refractivity contribution is 7.21. The van der Waals surface area contributed by atoms with Gasteiger partial charge < -0.3 is 10.1 Å². The van der Waals surface area contributed by atoms with E-state index in [1.807, 2.05) is 42.7 Å². The molecule has 6 heterocycles. The zero-order valence-electron chi connectivity index (χ0n) is 18.6. The van der Waals surface area contributed by atoms with Crippen LogP contribution in [0.25, 0.3) is 20.8 Å². The molecule has 2 aliphatic rings. The molecule has 7 nitrogen and oxygen atoms in total. The van der Waals surface area contributed by atoms with Crippen LogP contribution in [0.4, 0.5) is 11.6 Å². The number of pyridine rings is 3. The highest BCUT2D eigenvalue weighted by Gasteiger charge is 2.13. The number of hydrogen-bond donors (Lipinski definition) is 1. The Bertz CT molecular complexity index is 1160. The molecule has 0 radical (unpaired) electrons. The maximum absolute atomic E-state index is 4.94. The molecule has 8 heteroatoms. The number of likely N-dealkylation sites (tertiary alicyclic amines) is 1. The Balaban J connectivity index is 0.000000406. The van der Waals surface area contributed by atoms with Crippen LogP contribution in [0.1, 0.15) is 31.4 Å². The summed E-state index contributed by atoms with van der Waals surface area (Å²) in [5, 5.41) is 4.27. The fraction of sp³-hybridized carbons (Fsp3) is 0.360. The molecule has 33 heavy (non-hydrogen) atoms. The van der Waals surface area contributed by atoms with Gasteiger partial charge in [-0.3, -0.25) is 9.88 Å². The maximum Gasteiger partial charge on any atom is 0.133 e. The lowest BCUT2D eigenvalue weighted by Crippen LogP contribution is -2.19. The average Bonchev–Trinajstić information content (AvgIpc) is 3.63. The van der Waals surface area contributed by atoms with Gasteiger partial charge >= 0.3 is 0 Å². The largest absolute Gasteiger partial charge is 0.381 e. The van der Waals surface area contributed by atoms with Crippen LogP contribution >= 0.6 is 11.3 Å². The Morgan fingerprint density at radius 3 is 2.58 bits per heavy atom. The Hall–Kier alpha value is -2.94. The molecule has 4 aromatic heterocycles. The highest BCUT2D eigenvalue weighted by Crippen LogP contribution is 2.30. The molecule has 0 saturated carbocycles. The molecule has 170 valence electrons. The fourth-order valence-corrected chi connectivity index (χ4v) is 4.87.